The van der Waals surface area contributed by atoms with Crippen molar-refractivity contribution in [2.45, 2.75) is 89.3 Å². The summed E-state index contributed by atoms with van der Waals surface area (Å²) in [5.74, 6) is -1.70. The largest absolute Gasteiger partial charge is 0.573 e. The molecule has 49 heavy (non-hydrogen) atoms. The fourth-order valence-corrected chi connectivity index (χ4v) is 9.01. The summed E-state index contributed by atoms with van der Waals surface area (Å²) in [6.07, 6.45) is -0.146. The fraction of sp³-hybridized carbons (Fsp3) is 0.543. The van der Waals surface area contributed by atoms with Crippen LogP contribution < -0.4 is 9.46 Å². The van der Waals surface area contributed by atoms with Gasteiger partial charge in [0, 0.05) is 67.2 Å². The van der Waals surface area contributed by atoms with Gasteiger partial charge in [0.1, 0.15) is 5.75 Å². The van der Waals surface area contributed by atoms with Crippen LogP contribution in [0.15, 0.2) is 36.4 Å². The van der Waals surface area contributed by atoms with Crippen LogP contribution in [0.5, 0.6) is 5.75 Å². The molecular formula is C35H41F3N4O6S. The molecule has 1 saturated heterocycles. The highest BCUT2D eigenvalue weighted by Crippen LogP contribution is 2.67. The van der Waals surface area contributed by atoms with Crippen LogP contribution in [-0.2, 0) is 26.3 Å². The lowest BCUT2D eigenvalue weighted by atomic mass is 9.81. The number of alkyl halides is 3. The summed E-state index contributed by atoms with van der Waals surface area (Å²) in [5, 5.41) is 0.831. The Morgan fingerprint density at radius 3 is 2.37 bits per heavy atom. The molecule has 10 nitrogen and oxygen atoms in total. The van der Waals surface area contributed by atoms with Gasteiger partial charge in [-0.1, -0.05) is 37.5 Å². The van der Waals surface area contributed by atoms with Gasteiger partial charge in [0.05, 0.1) is 23.3 Å². The molecule has 4 aliphatic rings. The Morgan fingerprint density at radius 1 is 1.02 bits per heavy atom. The zero-order valence-corrected chi connectivity index (χ0v) is 28.8. The third kappa shape index (κ3) is 5.99. The smallest absolute Gasteiger partial charge is 0.405 e. The van der Waals surface area contributed by atoms with Gasteiger partial charge in [0.25, 0.3) is 5.91 Å². The minimum Gasteiger partial charge on any atom is -0.405 e. The summed E-state index contributed by atoms with van der Waals surface area (Å²) in [7, 11) is -1.45. The van der Waals surface area contributed by atoms with E-state index in [1.54, 1.807) is 29.2 Å². The van der Waals surface area contributed by atoms with Gasteiger partial charge in [-0.25, -0.2) is 4.72 Å². The van der Waals surface area contributed by atoms with Crippen LogP contribution in [0.2, 0.25) is 0 Å². The number of benzene rings is 2. The third-order valence-corrected chi connectivity index (χ3v) is 12.0. The van der Waals surface area contributed by atoms with Gasteiger partial charge in [-0.3, -0.25) is 9.59 Å². The summed E-state index contributed by atoms with van der Waals surface area (Å²) >= 11 is 0. The van der Waals surface area contributed by atoms with Crippen LogP contribution >= 0.6 is 0 Å². The molecule has 4 atom stereocenters. The van der Waals surface area contributed by atoms with Gasteiger partial charge in [0.2, 0.25) is 5.91 Å². The van der Waals surface area contributed by atoms with E-state index in [0.717, 1.165) is 53.1 Å². The number of fused-ring (bicyclic) bond motifs is 7. The van der Waals surface area contributed by atoms with Gasteiger partial charge >= 0.3 is 16.6 Å². The van der Waals surface area contributed by atoms with Crippen LogP contribution in [0, 0.1) is 5.41 Å². The van der Waals surface area contributed by atoms with Gasteiger partial charge in [-0.15, -0.1) is 13.2 Å². The summed E-state index contributed by atoms with van der Waals surface area (Å²) in [5.41, 5.74) is 2.33. The van der Waals surface area contributed by atoms with Crippen molar-refractivity contribution >= 4 is 32.9 Å². The predicted octanol–water partition coefficient (Wildman–Crippen LogP) is 5.91. The Balaban J connectivity index is 1.46. The molecule has 2 aliphatic carbocycles. The van der Waals surface area contributed by atoms with Crippen molar-refractivity contribution in [3.63, 3.8) is 0 Å². The Hall–Kier alpha value is -3.62. The van der Waals surface area contributed by atoms with E-state index in [4.69, 9.17) is 4.74 Å². The average Bonchev–Trinajstić information content (AvgIpc) is 3.68. The first-order chi connectivity index (χ1) is 23.1. The van der Waals surface area contributed by atoms with E-state index < -0.39 is 33.8 Å². The molecule has 2 aliphatic heterocycles. The lowest BCUT2D eigenvalue weighted by molar-refractivity contribution is -0.274. The number of morpholine rings is 1. The summed E-state index contributed by atoms with van der Waals surface area (Å²) < 4.78 is 82.4. The minimum atomic E-state index is -4.94. The maximum absolute atomic E-state index is 14.7. The number of hydrogen-bond donors (Lipinski definition) is 1. The number of amides is 2. The van der Waals surface area contributed by atoms with Gasteiger partial charge in [-0.2, -0.15) is 12.7 Å². The van der Waals surface area contributed by atoms with Crippen molar-refractivity contribution in [3.05, 3.63) is 53.1 Å². The number of halogens is 3. The molecule has 0 bridgehead atoms. The molecule has 2 saturated carbocycles. The second-order valence-electron chi connectivity index (χ2n) is 14.3. The van der Waals surface area contributed by atoms with E-state index >= 15 is 0 Å². The van der Waals surface area contributed by atoms with Gasteiger partial charge < -0.3 is 18.9 Å². The molecule has 0 radical (unpaired) electrons. The molecule has 1 N–H and O–H groups in total. The van der Waals surface area contributed by atoms with Gasteiger partial charge in [0.15, 0.2) is 0 Å². The van der Waals surface area contributed by atoms with Crippen LogP contribution in [0.4, 0.5) is 13.2 Å². The maximum Gasteiger partial charge on any atom is 0.573 e. The van der Waals surface area contributed by atoms with Crippen LogP contribution in [-0.4, -0.2) is 79.8 Å². The Morgan fingerprint density at radius 2 is 1.71 bits per heavy atom. The lowest BCUT2D eigenvalue weighted by Gasteiger charge is -2.37. The minimum absolute atomic E-state index is 0.100. The van der Waals surface area contributed by atoms with Crippen LogP contribution in [0.1, 0.15) is 85.7 Å². The predicted molar refractivity (Wildman–Crippen MR) is 176 cm³/mol. The Kier molecular flexibility index (Phi) is 8.30. The van der Waals surface area contributed by atoms with Gasteiger partial charge in [-0.05, 0) is 62.8 Å². The number of ether oxygens (including phenoxy) is 2. The molecular weight excluding hydrogens is 661 g/mol. The van der Waals surface area contributed by atoms with Crippen molar-refractivity contribution in [1.82, 2.24) is 18.5 Å². The molecule has 2 aromatic carbocycles. The maximum atomic E-state index is 14.7. The number of hydrogen-bond acceptors (Lipinski definition) is 6. The van der Waals surface area contributed by atoms with Crippen molar-refractivity contribution < 1.29 is 40.7 Å². The highest BCUT2D eigenvalue weighted by Gasteiger charge is 2.65. The molecule has 0 spiro atoms. The van der Waals surface area contributed by atoms with E-state index in [9.17, 15) is 31.2 Å². The normalized spacial score (nSPS) is 25.7. The number of aromatic nitrogens is 1. The molecule has 3 heterocycles. The summed E-state index contributed by atoms with van der Waals surface area (Å²) in [6, 6.07) is 9.71. The zero-order valence-electron chi connectivity index (χ0n) is 28.0. The second kappa shape index (κ2) is 12.0. The second-order valence-corrected chi connectivity index (χ2v) is 16.2. The van der Waals surface area contributed by atoms with Crippen molar-refractivity contribution in [2.24, 2.45) is 5.41 Å². The average molecular weight is 703 g/mol. The van der Waals surface area contributed by atoms with E-state index in [1.807, 2.05) is 24.5 Å². The number of nitrogens with zero attached hydrogens (tertiary/aromatic N) is 3. The molecule has 3 fully saturated rings. The van der Waals surface area contributed by atoms with Crippen molar-refractivity contribution in [3.8, 4) is 17.0 Å². The molecule has 2 unspecified atom stereocenters. The highest BCUT2D eigenvalue weighted by atomic mass is 32.2. The number of rotatable bonds is 6. The quantitative estimate of drug-likeness (QED) is 0.342. The molecule has 14 heteroatoms. The fourth-order valence-electron chi connectivity index (χ4n) is 8.47. The zero-order chi connectivity index (χ0) is 35.0. The van der Waals surface area contributed by atoms with Crippen molar-refractivity contribution in [2.75, 3.05) is 27.2 Å². The highest BCUT2D eigenvalue weighted by molar-refractivity contribution is 7.87. The number of carbonyl (C=O) groups excluding carboxylic acids is 2. The molecule has 3 aromatic rings. The Bertz CT molecular complexity index is 1930. The standard InChI is InChI=1S/C35H41F3N4O6S/c1-20-17-41(18-21(2)47-20)33(44)34-16-26(34)30-25(11-8-12-28(30)48-35(36,37)38)31-29(22-9-6-5-7-10-22)24-14-13-23(15-27(24)42(31)19-34)32(43)39-49(45,46)40(3)4/h8,11-15,20-22,26H,5-7,9-10,16-19H2,1-4H3,(H,39,43)/t20-,21+,26?,34?. The molecule has 7 rings (SSSR count). The van der Waals surface area contributed by atoms with E-state index in [-0.39, 0.29) is 41.9 Å². The molecule has 264 valence electrons. The van der Waals surface area contributed by atoms with E-state index in [1.165, 1.54) is 20.2 Å². The lowest BCUT2D eigenvalue weighted by Crippen LogP contribution is -2.51. The van der Waals surface area contributed by atoms with E-state index in [2.05, 4.69) is 9.46 Å². The topological polar surface area (TPSA) is 110 Å². The monoisotopic (exact) mass is 702 g/mol. The van der Waals surface area contributed by atoms with Crippen molar-refractivity contribution in [1.29, 1.82) is 0 Å². The Labute approximate surface area is 283 Å². The molecule has 1 aromatic heterocycles. The SMILES string of the molecule is C[C@@H]1CN(C(=O)C23CC2c2c(OC(F)(F)F)cccc2-c2c(C4CCCCC4)c4ccc(C(=O)NS(=O)(=O)N(C)C)cc4n2C3)C[C@H](C)O1. The number of carbonyl (C=O) groups is 2. The molecule has 2 amide bonds. The summed E-state index contributed by atoms with van der Waals surface area (Å²) in [4.78, 5) is 29.8. The first-order valence-electron chi connectivity index (χ1n) is 16.8. The third-order valence-electron chi connectivity index (χ3n) is 10.6. The van der Waals surface area contributed by atoms with Crippen LogP contribution in [0.3, 0.4) is 0 Å². The van der Waals surface area contributed by atoms with Crippen LogP contribution in [0.25, 0.3) is 22.2 Å². The first kappa shape index (κ1) is 33.9. The van der Waals surface area contributed by atoms with E-state index in [0.29, 0.717) is 36.2 Å². The number of nitrogens with one attached hydrogen (secondary N) is 1. The first-order valence-corrected chi connectivity index (χ1v) is 18.3. The summed E-state index contributed by atoms with van der Waals surface area (Å²) in [6.45, 7) is 4.70.